The molecule has 0 amide bonds. The zero-order valence-corrected chi connectivity index (χ0v) is 10.6. The van der Waals surface area contributed by atoms with Crippen molar-refractivity contribution < 1.29 is 4.74 Å². The van der Waals surface area contributed by atoms with E-state index in [1.165, 1.54) is 12.0 Å². The zero-order chi connectivity index (χ0) is 11.8. The van der Waals surface area contributed by atoms with Crippen LogP contribution in [0.3, 0.4) is 0 Å². The molecule has 2 heteroatoms. The summed E-state index contributed by atoms with van der Waals surface area (Å²) in [5, 5.41) is 3.42. The monoisotopic (exact) mass is 221 g/mol. The highest BCUT2D eigenvalue weighted by Crippen LogP contribution is 2.15. The summed E-state index contributed by atoms with van der Waals surface area (Å²) in [5.74, 6) is 1.66. The largest absolute Gasteiger partial charge is 0.497 e. The molecule has 0 spiro atoms. The molecule has 0 radical (unpaired) electrons. The Morgan fingerprint density at radius 2 is 1.88 bits per heavy atom. The number of nitrogens with one attached hydrogen (secondary N) is 1. The van der Waals surface area contributed by atoms with E-state index in [0.29, 0.717) is 0 Å². The molecule has 0 saturated heterocycles. The number of methoxy groups -OCH3 is 1. The zero-order valence-electron chi connectivity index (χ0n) is 10.6. The van der Waals surface area contributed by atoms with Gasteiger partial charge in [-0.05, 0) is 43.1 Å². The highest BCUT2D eigenvalue weighted by Gasteiger charge is 2.06. The Bertz CT molecular complexity index is 281. The molecule has 1 atom stereocenters. The van der Waals surface area contributed by atoms with E-state index in [9.17, 15) is 0 Å². The Hall–Kier alpha value is -1.02. The molecule has 0 fully saturated rings. The van der Waals surface area contributed by atoms with Crippen LogP contribution in [-0.4, -0.2) is 20.2 Å². The van der Waals surface area contributed by atoms with Crippen LogP contribution in [0.2, 0.25) is 0 Å². The minimum atomic E-state index is 0.730. The molecule has 1 aromatic rings. The highest BCUT2D eigenvalue weighted by molar-refractivity contribution is 5.27. The maximum Gasteiger partial charge on any atom is 0.118 e. The van der Waals surface area contributed by atoms with E-state index in [2.05, 4.69) is 31.3 Å². The highest BCUT2D eigenvalue weighted by atomic mass is 16.5. The molecule has 0 heterocycles. The van der Waals surface area contributed by atoms with Gasteiger partial charge in [-0.15, -0.1) is 0 Å². The van der Waals surface area contributed by atoms with Crippen LogP contribution in [-0.2, 0) is 6.42 Å². The number of hydrogen-bond donors (Lipinski definition) is 1. The first kappa shape index (κ1) is 13.0. The Morgan fingerprint density at radius 3 is 2.38 bits per heavy atom. The van der Waals surface area contributed by atoms with Crippen molar-refractivity contribution in [3.8, 4) is 5.75 Å². The van der Waals surface area contributed by atoms with Crippen LogP contribution in [0, 0.1) is 5.92 Å². The molecule has 0 unspecified atom stereocenters. The maximum absolute atomic E-state index is 5.15. The van der Waals surface area contributed by atoms with Gasteiger partial charge in [-0.1, -0.05) is 32.4 Å². The molecule has 1 rings (SSSR count). The minimum absolute atomic E-state index is 0.730. The molecule has 90 valence electrons. The fraction of sp³-hybridized carbons (Fsp3) is 0.571. The van der Waals surface area contributed by atoms with Gasteiger partial charge in [-0.2, -0.15) is 0 Å². The molecule has 0 aliphatic heterocycles. The summed E-state index contributed by atoms with van der Waals surface area (Å²) in [5.41, 5.74) is 1.39. The molecule has 16 heavy (non-hydrogen) atoms. The maximum atomic E-state index is 5.15. The summed E-state index contributed by atoms with van der Waals surface area (Å²) in [6.45, 7) is 6.57. The van der Waals surface area contributed by atoms with Crippen molar-refractivity contribution in [3.05, 3.63) is 29.8 Å². The SMILES string of the molecule is CCNC[C@H](CC)Cc1ccc(OC)cc1. The summed E-state index contributed by atoms with van der Waals surface area (Å²) < 4.78 is 5.15. The lowest BCUT2D eigenvalue weighted by atomic mass is 9.97. The third-order valence-corrected chi connectivity index (χ3v) is 2.94. The third kappa shape index (κ3) is 4.23. The van der Waals surface area contributed by atoms with Gasteiger partial charge in [0.2, 0.25) is 0 Å². The molecule has 2 nitrogen and oxygen atoms in total. The van der Waals surface area contributed by atoms with Gasteiger partial charge in [0.25, 0.3) is 0 Å². The first-order valence-corrected chi connectivity index (χ1v) is 6.13. The van der Waals surface area contributed by atoms with Crippen molar-refractivity contribution in [1.29, 1.82) is 0 Å². The van der Waals surface area contributed by atoms with Crippen molar-refractivity contribution in [2.75, 3.05) is 20.2 Å². The van der Waals surface area contributed by atoms with Crippen LogP contribution in [0.1, 0.15) is 25.8 Å². The predicted octanol–water partition coefficient (Wildman–Crippen LogP) is 2.87. The summed E-state index contributed by atoms with van der Waals surface area (Å²) in [6, 6.07) is 8.39. The Morgan fingerprint density at radius 1 is 1.19 bits per heavy atom. The first-order chi connectivity index (χ1) is 7.80. The Kier molecular flexibility index (Phi) is 5.94. The van der Waals surface area contributed by atoms with Crippen LogP contribution < -0.4 is 10.1 Å². The van der Waals surface area contributed by atoms with Crippen LogP contribution >= 0.6 is 0 Å². The molecular formula is C14H23NO. The van der Waals surface area contributed by atoms with Crippen molar-refractivity contribution in [2.24, 2.45) is 5.92 Å². The summed E-state index contributed by atoms with van der Waals surface area (Å²) >= 11 is 0. The lowest BCUT2D eigenvalue weighted by Gasteiger charge is -2.15. The smallest absolute Gasteiger partial charge is 0.118 e. The van der Waals surface area contributed by atoms with E-state index in [-0.39, 0.29) is 0 Å². The van der Waals surface area contributed by atoms with Crippen molar-refractivity contribution in [2.45, 2.75) is 26.7 Å². The molecular weight excluding hydrogens is 198 g/mol. The van der Waals surface area contributed by atoms with E-state index in [0.717, 1.165) is 31.2 Å². The molecule has 1 N–H and O–H groups in total. The molecule has 1 aromatic carbocycles. The van der Waals surface area contributed by atoms with E-state index in [4.69, 9.17) is 4.74 Å². The van der Waals surface area contributed by atoms with Crippen molar-refractivity contribution in [3.63, 3.8) is 0 Å². The lowest BCUT2D eigenvalue weighted by molar-refractivity contribution is 0.414. The molecule has 0 bridgehead atoms. The van der Waals surface area contributed by atoms with Crippen molar-refractivity contribution >= 4 is 0 Å². The molecule has 0 aromatic heterocycles. The quantitative estimate of drug-likeness (QED) is 0.764. The number of benzene rings is 1. The standard InChI is InChI=1S/C14H23NO/c1-4-12(11-15-5-2)10-13-6-8-14(16-3)9-7-13/h6-9,12,15H,4-5,10-11H2,1-3H3/t12-/m1/s1. The topological polar surface area (TPSA) is 21.3 Å². The Labute approximate surface area is 99.0 Å². The second-order valence-corrected chi connectivity index (χ2v) is 4.13. The lowest BCUT2D eigenvalue weighted by Crippen LogP contribution is -2.23. The van der Waals surface area contributed by atoms with Gasteiger partial charge in [-0.3, -0.25) is 0 Å². The van der Waals surface area contributed by atoms with Gasteiger partial charge in [0.05, 0.1) is 7.11 Å². The fourth-order valence-electron chi connectivity index (χ4n) is 1.80. The minimum Gasteiger partial charge on any atom is -0.497 e. The van der Waals surface area contributed by atoms with Crippen LogP contribution in [0.5, 0.6) is 5.75 Å². The van der Waals surface area contributed by atoms with E-state index < -0.39 is 0 Å². The van der Waals surface area contributed by atoms with E-state index in [1.54, 1.807) is 7.11 Å². The Balaban J connectivity index is 2.49. The summed E-state index contributed by atoms with van der Waals surface area (Å²) in [7, 11) is 1.70. The van der Waals surface area contributed by atoms with Crippen LogP contribution in [0.4, 0.5) is 0 Å². The third-order valence-electron chi connectivity index (χ3n) is 2.94. The van der Waals surface area contributed by atoms with Crippen LogP contribution in [0.25, 0.3) is 0 Å². The normalized spacial score (nSPS) is 12.4. The van der Waals surface area contributed by atoms with Crippen molar-refractivity contribution in [1.82, 2.24) is 5.32 Å². The van der Waals surface area contributed by atoms with Gasteiger partial charge < -0.3 is 10.1 Å². The average Bonchev–Trinajstić information content (AvgIpc) is 2.35. The van der Waals surface area contributed by atoms with E-state index >= 15 is 0 Å². The molecule has 0 aliphatic carbocycles. The molecule has 0 aliphatic rings. The second kappa shape index (κ2) is 7.29. The number of ether oxygens (including phenoxy) is 1. The van der Waals surface area contributed by atoms with Gasteiger partial charge in [0.1, 0.15) is 5.75 Å². The van der Waals surface area contributed by atoms with Gasteiger partial charge in [0, 0.05) is 0 Å². The first-order valence-electron chi connectivity index (χ1n) is 6.13. The van der Waals surface area contributed by atoms with Gasteiger partial charge >= 0.3 is 0 Å². The summed E-state index contributed by atoms with van der Waals surface area (Å²) in [6.07, 6.45) is 2.37. The van der Waals surface area contributed by atoms with Gasteiger partial charge in [0.15, 0.2) is 0 Å². The number of rotatable bonds is 7. The number of hydrogen-bond acceptors (Lipinski definition) is 2. The fourth-order valence-corrected chi connectivity index (χ4v) is 1.80. The van der Waals surface area contributed by atoms with Crippen LogP contribution in [0.15, 0.2) is 24.3 Å². The summed E-state index contributed by atoms with van der Waals surface area (Å²) in [4.78, 5) is 0. The van der Waals surface area contributed by atoms with E-state index in [1.807, 2.05) is 12.1 Å². The predicted molar refractivity (Wildman–Crippen MR) is 69.0 cm³/mol. The average molecular weight is 221 g/mol. The molecule has 0 saturated carbocycles. The second-order valence-electron chi connectivity index (χ2n) is 4.13. The van der Waals surface area contributed by atoms with Gasteiger partial charge in [-0.25, -0.2) is 0 Å².